The number of hydrogen-bond acceptors (Lipinski definition) is 2. The van der Waals surface area contributed by atoms with Crippen LogP contribution in [0.25, 0.3) is 10.9 Å². The number of nitrogens with one attached hydrogen (secondary N) is 1. The molecule has 1 N–H and O–H groups in total. The van der Waals surface area contributed by atoms with E-state index in [0.717, 1.165) is 18.9 Å². The van der Waals surface area contributed by atoms with Crippen molar-refractivity contribution in [3.8, 4) is 0 Å². The zero-order valence-electron chi connectivity index (χ0n) is 15.6. The number of aromatic nitrogens is 1. The van der Waals surface area contributed by atoms with Gasteiger partial charge in [-0.15, -0.1) is 0 Å². The van der Waals surface area contributed by atoms with E-state index in [2.05, 4.69) is 41.5 Å². The molecule has 3 rings (SSSR count). The lowest BCUT2D eigenvalue weighted by Crippen LogP contribution is -2.32. The molecule has 6 heteroatoms. The molecule has 0 spiro atoms. The molecule has 2 aromatic rings. The molecule has 1 aliphatic carbocycles. The van der Waals surface area contributed by atoms with E-state index in [4.69, 9.17) is 0 Å². The highest BCUT2D eigenvalue weighted by Crippen LogP contribution is 2.29. The van der Waals surface area contributed by atoms with E-state index in [1.807, 2.05) is 0 Å². The average Bonchev–Trinajstić information content (AvgIpc) is 3.16. The first-order chi connectivity index (χ1) is 11.9. The summed E-state index contributed by atoms with van der Waals surface area (Å²) >= 11 is 0. The summed E-state index contributed by atoms with van der Waals surface area (Å²) in [5.74, 6) is 0.781. The molecule has 0 saturated heterocycles. The van der Waals surface area contributed by atoms with Crippen molar-refractivity contribution in [1.82, 2.24) is 9.29 Å². The summed E-state index contributed by atoms with van der Waals surface area (Å²) in [5, 5.41) is 0.867. The van der Waals surface area contributed by atoms with Gasteiger partial charge in [-0.3, -0.25) is 0 Å². The van der Waals surface area contributed by atoms with E-state index in [0.29, 0.717) is 6.54 Å². The number of sulfonamides is 1. The van der Waals surface area contributed by atoms with Gasteiger partial charge in [0.2, 0.25) is 10.0 Å². The number of nitrogens with zero attached hydrogens (tertiary/aromatic N) is 1. The molecule has 0 radical (unpaired) electrons. The molecular weight excluding hydrogens is 331 g/mol. The summed E-state index contributed by atoms with van der Waals surface area (Å²) in [4.78, 5) is 0. The lowest BCUT2D eigenvalue weighted by molar-refractivity contribution is 0.465. The minimum absolute atomic E-state index is 0.390. The van der Waals surface area contributed by atoms with Gasteiger partial charge in [0.25, 0.3) is 0 Å². The first-order valence-corrected chi connectivity index (χ1v) is 11.0. The average molecular weight is 360 g/mol. The first kappa shape index (κ1) is 18.5. The van der Waals surface area contributed by atoms with Gasteiger partial charge in [0.05, 0.1) is 5.25 Å². The topological polar surface area (TPSA) is 51.1 Å². The molecule has 0 aliphatic heterocycles. The van der Waals surface area contributed by atoms with Crippen molar-refractivity contribution >= 4 is 34.2 Å². The number of fused-ring (bicyclic) bond motifs is 1. The Labute approximate surface area is 152 Å². The van der Waals surface area contributed by atoms with E-state index >= 15 is 0 Å². The van der Waals surface area contributed by atoms with E-state index in [1.54, 1.807) is 13.8 Å². The maximum atomic E-state index is 11.9. The predicted molar refractivity (Wildman–Crippen MR) is 108 cm³/mol. The van der Waals surface area contributed by atoms with E-state index in [1.165, 1.54) is 47.6 Å². The van der Waals surface area contributed by atoms with Crippen LogP contribution in [0.4, 0.5) is 0 Å². The normalized spacial score (nSPS) is 16.3. The lowest BCUT2D eigenvalue weighted by atomic mass is 9.94. The van der Waals surface area contributed by atoms with Gasteiger partial charge in [-0.05, 0) is 50.7 Å². The summed E-state index contributed by atoms with van der Waals surface area (Å²) in [7, 11) is -1.07. The summed E-state index contributed by atoms with van der Waals surface area (Å²) in [6.07, 6.45) is 8.33. The molecule has 1 aliphatic rings. The summed E-state index contributed by atoms with van der Waals surface area (Å²) < 4.78 is 29.0. The first-order valence-electron chi connectivity index (χ1n) is 9.43. The van der Waals surface area contributed by atoms with Crippen LogP contribution in [-0.2, 0) is 23.0 Å². The lowest BCUT2D eigenvalue weighted by Gasteiger charge is -2.11. The van der Waals surface area contributed by atoms with Gasteiger partial charge in [-0.2, -0.15) is 0 Å². The Morgan fingerprint density at radius 2 is 2.00 bits per heavy atom. The van der Waals surface area contributed by atoms with Crippen LogP contribution in [0.1, 0.15) is 45.1 Å². The Bertz CT molecular complexity index is 836. The maximum Gasteiger partial charge on any atom is 0.213 e. The van der Waals surface area contributed by atoms with Gasteiger partial charge in [0, 0.05) is 30.2 Å². The fraction of sp³-hybridized carbons (Fsp3) is 0.579. The molecule has 0 atom stereocenters. The second-order valence-corrected chi connectivity index (χ2v) is 10.0. The standard InChI is InChI=1S/C19H29BN2O2S/c1-14(2)25(23,24)21-10-9-16-13-22(12-15-5-3-4-6-15)19-11-17(20)7-8-18(16)19/h7-8,11,13-15,21H,3-6,9-10,12,20H2,1-2H3. The molecule has 0 amide bonds. The third kappa shape index (κ3) is 4.29. The predicted octanol–water partition coefficient (Wildman–Crippen LogP) is 1.96. The van der Waals surface area contributed by atoms with Crippen LogP contribution in [-0.4, -0.2) is 32.6 Å². The molecule has 1 saturated carbocycles. The second kappa shape index (κ2) is 7.54. The monoisotopic (exact) mass is 360 g/mol. The van der Waals surface area contributed by atoms with Gasteiger partial charge in [0.1, 0.15) is 7.85 Å². The van der Waals surface area contributed by atoms with Gasteiger partial charge >= 0.3 is 0 Å². The molecule has 1 aromatic carbocycles. The fourth-order valence-corrected chi connectivity index (χ4v) is 4.51. The van der Waals surface area contributed by atoms with Gasteiger partial charge in [-0.1, -0.05) is 30.4 Å². The van der Waals surface area contributed by atoms with Gasteiger partial charge < -0.3 is 4.57 Å². The number of benzene rings is 1. The molecule has 136 valence electrons. The zero-order chi connectivity index (χ0) is 18.0. The van der Waals surface area contributed by atoms with E-state index < -0.39 is 10.0 Å². The molecule has 1 heterocycles. The smallest absolute Gasteiger partial charge is 0.213 e. The SMILES string of the molecule is Bc1ccc2c(CCNS(=O)(=O)C(C)C)cn(CC3CCCC3)c2c1. The maximum absolute atomic E-state index is 11.9. The fourth-order valence-electron chi connectivity index (χ4n) is 3.79. The van der Waals surface area contributed by atoms with Crippen LogP contribution in [0.5, 0.6) is 0 Å². The van der Waals surface area contributed by atoms with Crippen LogP contribution in [0, 0.1) is 5.92 Å². The Kier molecular flexibility index (Phi) is 5.59. The van der Waals surface area contributed by atoms with Crippen LogP contribution in [0.2, 0.25) is 0 Å². The molecule has 0 bridgehead atoms. The third-order valence-electron chi connectivity index (χ3n) is 5.37. The van der Waals surface area contributed by atoms with E-state index in [9.17, 15) is 8.42 Å². The highest BCUT2D eigenvalue weighted by atomic mass is 32.2. The van der Waals surface area contributed by atoms with Crippen molar-refractivity contribution in [1.29, 1.82) is 0 Å². The van der Waals surface area contributed by atoms with Crippen molar-refractivity contribution in [2.45, 2.75) is 57.7 Å². The highest BCUT2D eigenvalue weighted by Gasteiger charge is 2.18. The second-order valence-electron chi connectivity index (χ2n) is 7.72. The molecule has 1 fully saturated rings. The molecule has 25 heavy (non-hydrogen) atoms. The zero-order valence-corrected chi connectivity index (χ0v) is 16.4. The summed E-state index contributed by atoms with van der Waals surface area (Å²) in [5.41, 5.74) is 3.79. The van der Waals surface area contributed by atoms with Crippen molar-refractivity contribution in [3.05, 3.63) is 30.0 Å². The largest absolute Gasteiger partial charge is 0.347 e. The number of hydrogen-bond donors (Lipinski definition) is 1. The van der Waals surface area contributed by atoms with E-state index in [-0.39, 0.29) is 5.25 Å². The van der Waals surface area contributed by atoms with Crippen LogP contribution >= 0.6 is 0 Å². The van der Waals surface area contributed by atoms with Crippen molar-refractivity contribution in [2.24, 2.45) is 5.92 Å². The minimum Gasteiger partial charge on any atom is -0.347 e. The third-order valence-corrected chi connectivity index (χ3v) is 7.22. The van der Waals surface area contributed by atoms with Crippen LogP contribution in [0.15, 0.2) is 24.4 Å². The molecule has 4 nitrogen and oxygen atoms in total. The van der Waals surface area contributed by atoms with Crippen molar-refractivity contribution < 1.29 is 8.42 Å². The Hall–Kier alpha value is -1.27. The minimum atomic E-state index is -3.20. The van der Waals surface area contributed by atoms with Gasteiger partial charge in [-0.25, -0.2) is 13.1 Å². The Morgan fingerprint density at radius 3 is 2.68 bits per heavy atom. The highest BCUT2D eigenvalue weighted by molar-refractivity contribution is 7.90. The quantitative estimate of drug-likeness (QED) is 0.768. The van der Waals surface area contributed by atoms with Crippen LogP contribution < -0.4 is 10.2 Å². The molecule has 0 unspecified atom stereocenters. The molecule has 1 aromatic heterocycles. The molecular formula is C19H29BN2O2S. The van der Waals surface area contributed by atoms with Crippen molar-refractivity contribution in [2.75, 3.05) is 6.54 Å². The van der Waals surface area contributed by atoms with Gasteiger partial charge in [0.15, 0.2) is 0 Å². The van der Waals surface area contributed by atoms with Crippen LogP contribution in [0.3, 0.4) is 0 Å². The Balaban J connectivity index is 1.80. The van der Waals surface area contributed by atoms with Crippen molar-refractivity contribution in [3.63, 3.8) is 0 Å². The Morgan fingerprint density at radius 1 is 1.28 bits per heavy atom. The number of rotatable bonds is 7. The summed E-state index contributed by atoms with van der Waals surface area (Å²) in [6, 6.07) is 6.58. The summed E-state index contributed by atoms with van der Waals surface area (Å²) in [6.45, 7) is 4.95.